The fourth-order valence-electron chi connectivity index (χ4n) is 4.29. The number of hydrogen-bond acceptors (Lipinski definition) is 4. The largest absolute Gasteiger partial charge is 0.490 e. The molecule has 4 nitrogen and oxygen atoms in total. The second-order valence-electron chi connectivity index (χ2n) is 9.91. The monoisotopic (exact) mass is 510 g/mol. The van der Waals surface area contributed by atoms with Crippen molar-refractivity contribution >= 4 is 0 Å². The molecule has 198 valence electrons. The Morgan fingerprint density at radius 3 is 1.05 bits per heavy atom. The lowest BCUT2D eigenvalue weighted by Crippen LogP contribution is -2.08. The van der Waals surface area contributed by atoms with E-state index in [1.807, 2.05) is 38.1 Å². The van der Waals surface area contributed by atoms with Crippen LogP contribution in [-0.4, -0.2) is 35.6 Å². The molecule has 0 aliphatic heterocycles. The summed E-state index contributed by atoms with van der Waals surface area (Å²) in [5.41, 5.74) is 7.09. The lowest BCUT2D eigenvalue weighted by molar-refractivity contribution is 0.184. The lowest BCUT2D eigenvalue weighted by atomic mass is 10.0. The minimum absolute atomic E-state index is 0.269. The van der Waals surface area contributed by atoms with Gasteiger partial charge in [-0.15, -0.1) is 0 Å². The van der Waals surface area contributed by atoms with Crippen molar-refractivity contribution in [3.05, 3.63) is 108 Å². The number of benzene rings is 4. The van der Waals surface area contributed by atoms with Gasteiger partial charge in [0.25, 0.3) is 0 Å². The fourth-order valence-corrected chi connectivity index (χ4v) is 4.29. The van der Waals surface area contributed by atoms with E-state index in [4.69, 9.17) is 9.47 Å². The molecule has 0 saturated carbocycles. The van der Waals surface area contributed by atoms with Crippen molar-refractivity contribution in [1.82, 2.24) is 0 Å². The fraction of sp³-hybridized carbons (Fsp3) is 0.294. The van der Waals surface area contributed by atoms with E-state index in [1.165, 1.54) is 11.1 Å². The SMILES string of the molecule is CC(O)CCc1ccc(-c2ccc(OCCOc3ccc(-c4ccc(CCC(C)O)cc4)cc3)cc2)cc1. The first-order valence-electron chi connectivity index (χ1n) is 13.5. The number of aliphatic hydroxyl groups is 2. The predicted octanol–water partition coefficient (Wildman–Crippen LogP) is 7.11. The van der Waals surface area contributed by atoms with Crippen molar-refractivity contribution in [1.29, 1.82) is 0 Å². The van der Waals surface area contributed by atoms with Gasteiger partial charge in [0.15, 0.2) is 0 Å². The maximum Gasteiger partial charge on any atom is 0.122 e. The molecule has 2 atom stereocenters. The molecule has 0 spiro atoms. The summed E-state index contributed by atoms with van der Waals surface area (Å²) in [6.45, 7) is 4.58. The molecule has 4 aromatic rings. The van der Waals surface area contributed by atoms with Crippen LogP contribution in [-0.2, 0) is 12.8 Å². The Labute approximate surface area is 226 Å². The highest BCUT2D eigenvalue weighted by molar-refractivity contribution is 5.65. The average Bonchev–Trinajstić information content (AvgIpc) is 2.94. The highest BCUT2D eigenvalue weighted by Gasteiger charge is 2.04. The van der Waals surface area contributed by atoms with Gasteiger partial charge in [-0.2, -0.15) is 0 Å². The summed E-state index contributed by atoms with van der Waals surface area (Å²) < 4.78 is 11.7. The third kappa shape index (κ3) is 8.47. The summed E-state index contributed by atoms with van der Waals surface area (Å²) in [5, 5.41) is 18.9. The van der Waals surface area contributed by atoms with E-state index in [2.05, 4.69) is 72.8 Å². The van der Waals surface area contributed by atoms with Crippen molar-refractivity contribution in [3.8, 4) is 33.8 Å². The van der Waals surface area contributed by atoms with Gasteiger partial charge in [-0.3, -0.25) is 0 Å². The summed E-state index contributed by atoms with van der Waals surface area (Å²) in [4.78, 5) is 0. The quantitative estimate of drug-likeness (QED) is 0.188. The standard InChI is InChI=1S/C34H38O4/c1-25(35)3-5-27-7-11-29(12-8-27)31-15-19-33(20-16-31)37-23-24-38-34-21-17-32(18-22-34)30-13-9-28(10-14-30)6-4-26(2)36/h7-22,25-26,35-36H,3-6,23-24H2,1-2H3. The molecule has 4 rings (SSSR count). The molecule has 0 aliphatic carbocycles. The molecule has 0 aliphatic rings. The third-order valence-electron chi connectivity index (χ3n) is 6.61. The van der Waals surface area contributed by atoms with Crippen LogP contribution in [0, 0.1) is 0 Å². The van der Waals surface area contributed by atoms with E-state index in [0.29, 0.717) is 13.2 Å². The van der Waals surface area contributed by atoms with E-state index < -0.39 is 0 Å². The van der Waals surface area contributed by atoms with Crippen LogP contribution in [0.3, 0.4) is 0 Å². The van der Waals surface area contributed by atoms with Crippen molar-refractivity contribution in [3.63, 3.8) is 0 Å². The Morgan fingerprint density at radius 2 is 0.763 bits per heavy atom. The van der Waals surface area contributed by atoms with Crippen LogP contribution in [0.1, 0.15) is 37.8 Å². The maximum absolute atomic E-state index is 9.46. The first kappa shape index (κ1) is 27.4. The van der Waals surface area contributed by atoms with Gasteiger partial charge >= 0.3 is 0 Å². The second kappa shape index (κ2) is 13.8. The van der Waals surface area contributed by atoms with Gasteiger partial charge in [0.1, 0.15) is 24.7 Å². The molecule has 38 heavy (non-hydrogen) atoms. The zero-order valence-corrected chi connectivity index (χ0v) is 22.3. The molecular formula is C34H38O4. The van der Waals surface area contributed by atoms with Crippen LogP contribution < -0.4 is 9.47 Å². The average molecular weight is 511 g/mol. The highest BCUT2D eigenvalue weighted by atomic mass is 16.5. The Bertz CT molecular complexity index is 1120. The van der Waals surface area contributed by atoms with Gasteiger partial charge in [0, 0.05) is 0 Å². The molecule has 0 bridgehead atoms. The van der Waals surface area contributed by atoms with Crippen LogP contribution in [0.25, 0.3) is 22.3 Å². The lowest BCUT2D eigenvalue weighted by Gasteiger charge is -2.10. The summed E-state index contributed by atoms with van der Waals surface area (Å²) in [5.74, 6) is 1.64. The molecule has 0 fully saturated rings. The number of hydrogen-bond donors (Lipinski definition) is 2. The van der Waals surface area contributed by atoms with E-state index in [0.717, 1.165) is 59.4 Å². The van der Waals surface area contributed by atoms with Gasteiger partial charge in [-0.25, -0.2) is 0 Å². The molecule has 2 N–H and O–H groups in total. The summed E-state index contributed by atoms with van der Waals surface area (Å²) in [7, 11) is 0. The molecular weight excluding hydrogens is 472 g/mol. The second-order valence-corrected chi connectivity index (χ2v) is 9.91. The number of ether oxygens (including phenoxy) is 2. The molecule has 4 aromatic carbocycles. The summed E-state index contributed by atoms with van der Waals surface area (Å²) in [6, 6.07) is 33.2. The maximum atomic E-state index is 9.46. The molecule has 0 amide bonds. The smallest absolute Gasteiger partial charge is 0.122 e. The van der Waals surface area contributed by atoms with Gasteiger partial charge in [0.05, 0.1) is 12.2 Å². The van der Waals surface area contributed by atoms with E-state index >= 15 is 0 Å². The van der Waals surface area contributed by atoms with Crippen molar-refractivity contribution < 1.29 is 19.7 Å². The first-order chi connectivity index (χ1) is 18.5. The Kier molecular flexibility index (Phi) is 9.97. The first-order valence-corrected chi connectivity index (χ1v) is 13.5. The Morgan fingerprint density at radius 1 is 0.474 bits per heavy atom. The number of rotatable bonds is 13. The number of aryl methyl sites for hydroxylation is 2. The van der Waals surface area contributed by atoms with E-state index in [-0.39, 0.29) is 12.2 Å². The normalized spacial score (nSPS) is 12.6. The Balaban J connectivity index is 1.20. The van der Waals surface area contributed by atoms with Crippen LogP contribution in [0.2, 0.25) is 0 Å². The molecule has 0 aromatic heterocycles. The van der Waals surface area contributed by atoms with Crippen LogP contribution in [0.15, 0.2) is 97.1 Å². The topological polar surface area (TPSA) is 58.9 Å². The molecule has 0 saturated heterocycles. The predicted molar refractivity (Wildman–Crippen MR) is 155 cm³/mol. The molecule has 4 heteroatoms. The van der Waals surface area contributed by atoms with Crippen LogP contribution in [0.5, 0.6) is 11.5 Å². The van der Waals surface area contributed by atoms with Gasteiger partial charge in [0.2, 0.25) is 0 Å². The third-order valence-corrected chi connectivity index (χ3v) is 6.61. The van der Waals surface area contributed by atoms with Crippen LogP contribution in [0.4, 0.5) is 0 Å². The van der Waals surface area contributed by atoms with Gasteiger partial charge < -0.3 is 19.7 Å². The molecule has 0 heterocycles. The van der Waals surface area contributed by atoms with E-state index in [1.54, 1.807) is 0 Å². The highest BCUT2D eigenvalue weighted by Crippen LogP contribution is 2.25. The van der Waals surface area contributed by atoms with Gasteiger partial charge in [-0.05, 0) is 97.2 Å². The van der Waals surface area contributed by atoms with Crippen molar-refractivity contribution in [2.45, 2.75) is 51.7 Å². The van der Waals surface area contributed by atoms with Gasteiger partial charge in [-0.1, -0.05) is 72.8 Å². The van der Waals surface area contributed by atoms with Crippen LogP contribution >= 0.6 is 0 Å². The summed E-state index contributed by atoms with van der Waals surface area (Å²) in [6.07, 6.45) is 2.79. The minimum Gasteiger partial charge on any atom is -0.490 e. The van der Waals surface area contributed by atoms with Crippen molar-refractivity contribution in [2.24, 2.45) is 0 Å². The zero-order valence-electron chi connectivity index (χ0n) is 22.3. The molecule has 0 radical (unpaired) electrons. The summed E-state index contributed by atoms with van der Waals surface area (Å²) >= 11 is 0. The number of aliphatic hydroxyl groups excluding tert-OH is 2. The zero-order chi connectivity index (χ0) is 26.7. The minimum atomic E-state index is -0.269. The Hall–Kier alpha value is -3.60. The molecule has 2 unspecified atom stereocenters. The van der Waals surface area contributed by atoms with Crippen molar-refractivity contribution in [2.75, 3.05) is 13.2 Å². The van der Waals surface area contributed by atoms with E-state index in [9.17, 15) is 10.2 Å².